The molecule has 0 amide bonds. The molecule has 0 aromatic heterocycles. The highest BCUT2D eigenvalue weighted by molar-refractivity contribution is 5.85. The highest BCUT2D eigenvalue weighted by Crippen LogP contribution is 1.98. The summed E-state index contributed by atoms with van der Waals surface area (Å²) < 4.78 is 0. The molecule has 1 unspecified atom stereocenters. The van der Waals surface area contributed by atoms with Crippen molar-refractivity contribution in [1.29, 1.82) is 0 Å². The monoisotopic (exact) mass is 153 g/mol. The van der Waals surface area contributed by atoms with Crippen molar-refractivity contribution in [3.05, 3.63) is 0 Å². The van der Waals surface area contributed by atoms with Gasteiger partial charge in [0.25, 0.3) is 0 Å². The Bertz CT molecular complexity index is 52.3. The van der Waals surface area contributed by atoms with Crippen molar-refractivity contribution in [3.8, 4) is 0 Å². The Kier molecular flexibility index (Phi) is 10.9. The molecule has 58 valence electrons. The van der Waals surface area contributed by atoms with Crippen LogP contribution in [0.25, 0.3) is 0 Å². The molecule has 0 saturated heterocycles. The molecule has 1 atom stereocenters. The van der Waals surface area contributed by atoms with E-state index in [1.54, 1.807) is 0 Å². The van der Waals surface area contributed by atoms with Gasteiger partial charge in [-0.25, -0.2) is 0 Å². The van der Waals surface area contributed by atoms with Crippen LogP contribution in [0, 0.1) is 0 Å². The zero-order valence-corrected chi connectivity index (χ0v) is 6.66. The topological polar surface area (TPSA) is 46.2 Å². The molecule has 0 heterocycles. The third kappa shape index (κ3) is 8.21. The maximum Gasteiger partial charge on any atom is 0.0538 e. The predicted molar refractivity (Wildman–Crippen MR) is 41.8 cm³/mol. The maximum absolute atomic E-state index is 8.93. The zero-order chi connectivity index (χ0) is 6.41. The summed E-state index contributed by atoms with van der Waals surface area (Å²) in [7, 11) is 0. The largest absolute Gasteiger partial charge is 0.393 e. The third-order valence-corrected chi connectivity index (χ3v) is 1.21. The fraction of sp³-hybridized carbons (Fsp3) is 1.00. The summed E-state index contributed by atoms with van der Waals surface area (Å²) in [6, 6.07) is 0. The van der Waals surface area contributed by atoms with Crippen molar-refractivity contribution in [1.82, 2.24) is 0 Å². The molecular weight excluding hydrogens is 138 g/mol. The maximum atomic E-state index is 8.93. The Balaban J connectivity index is 0. The lowest BCUT2D eigenvalue weighted by Gasteiger charge is -2.03. The molecule has 3 heteroatoms. The van der Waals surface area contributed by atoms with Crippen LogP contribution >= 0.6 is 12.4 Å². The summed E-state index contributed by atoms with van der Waals surface area (Å²) in [5.74, 6) is 0. The molecular formula is C6H16ClNO. The minimum absolute atomic E-state index is 0. The van der Waals surface area contributed by atoms with E-state index < -0.39 is 0 Å². The molecule has 0 bridgehead atoms. The van der Waals surface area contributed by atoms with Crippen LogP contribution in [0.2, 0.25) is 0 Å². The minimum Gasteiger partial charge on any atom is -0.393 e. The summed E-state index contributed by atoms with van der Waals surface area (Å²) in [6.45, 7) is 2.66. The molecule has 0 spiro atoms. The second-order valence-corrected chi connectivity index (χ2v) is 1.99. The van der Waals surface area contributed by atoms with Crippen LogP contribution < -0.4 is 5.73 Å². The van der Waals surface area contributed by atoms with E-state index in [-0.39, 0.29) is 18.5 Å². The first-order chi connectivity index (χ1) is 3.81. The SMILES string of the molecule is CCC(O)CCCN.Cl. The predicted octanol–water partition coefficient (Wildman–Crippen LogP) is 0.918. The fourth-order valence-electron chi connectivity index (χ4n) is 0.558. The van der Waals surface area contributed by atoms with Gasteiger partial charge in [0.05, 0.1) is 6.10 Å². The number of rotatable bonds is 4. The number of halogens is 1. The summed E-state index contributed by atoms with van der Waals surface area (Å²) in [6.07, 6.45) is 2.51. The van der Waals surface area contributed by atoms with Gasteiger partial charge in [-0.1, -0.05) is 6.92 Å². The van der Waals surface area contributed by atoms with Gasteiger partial charge < -0.3 is 10.8 Å². The quantitative estimate of drug-likeness (QED) is 0.631. The molecule has 0 aliphatic heterocycles. The molecule has 3 N–H and O–H groups in total. The molecule has 2 nitrogen and oxygen atoms in total. The van der Waals surface area contributed by atoms with E-state index >= 15 is 0 Å². The summed E-state index contributed by atoms with van der Waals surface area (Å²) in [5.41, 5.74) is 5.22. The summed E-state index contributed by atoms with van der Waals surface area (Å²) >= 11 is 0. The molecule has 0 fully saturated rings. The summed E-state index contributed by atoms with van der Waals surface area (Å²) in [5, 5.41) is 8.93. The first kappa shape index (κ1) is 11.9. The van der Waals surface area contributed by atoms with E-state index in [4.69, 9.17) is 10.8 Å². The van der Waals surface area contributed by atoms with Crippen LogP contribution in [0.15, 0.2) is 0 Å². The number of nitrogens with two attached hydrogens (primary N) is 1. The van der Waals surface area contributed by atoms with Crippen molar-refractivity contribution in [2.45, 2.75) is 32.3 Å². The van der Waals surface area contributed by atoms with Crippen LogP contribution in [-0.4, -0.2) is 17.8 Å². The molecule has 0 aliphatic rings. The summed E-state index contributed by atoms with van der Waals surface area (Å²) in [4.78, 5) is 0. The van der Waals surface area contributed by atoms with Gasteiger partial charge in [-0.15, -0.1) is 12.4 Å². The van der Waals surface area contributed by atoms with Gasteiger partial charge in [0, 0.05) is 0 Å². The minimum atomic E-state index is -0.126. The fourth-order valence-corrected chi connectivity index (χ4v) is 0.558. The molecule has 0 aromatic rings. The molecule has 0 saturated carbocycles. The van der Waals surface area contributed by atoms with E-state index in [1.807, 2.05) is 6.92 Å². The average Bonchev–Trinajstić information content (AvgIpc) is 1.83. The van der Waals surface area contributed by atoms with Gasteiger partial charge in [-0.2, -0.15) is 0 Å². The molecule has 0 aromatic carbocycles. The smallest absolute Gasteiger partial charge is 0.0538 e. The zero-order valence-electron chi connectivity index (χ0n) is 5.84. The van der Waals surface area contributed by atoms with E-state index in [2.05, 4.69) is 0 Å². The normalized spacial score (nSPS) is 12.3. The van der Waals surface area contributed by atoms with Crippen molar-refractivity contribution in [2.75, 3.05) is 6.54 Å². The van der Waals surface area contributed by atoms with Gasteiger partial charge in [0.2, 0.25) is 0 Å². The number of aliphatic hydroxyl groups excluding tert-OH is 1. The second kappa shape index (κ2) is 8.21. The lowest BCUT2D eigenvalue weighted by Crippen LogP contribution is -2.07. The molecule has 0 rings (SSSR count). The Morgan fingerprint density at radius 2 is 2.11 bits per heavy atom. The van der Waals surface area contributed by atoms with Crippen LogP contribution in [0.1, 0.15) is 26.2 Å². The third-order valence-electron chi connectivity index (χ3n) is 1.21. The average molecular weight is 154 g/mol. The Morgan fingerprint density at radius 3 is 2.44 bits per heavy atom. The van der Waals surface area contributed by atoms with Crippen molar-refractivity contribution in [2.24, 2.45) is 5.73 Å². The first-order valence-corrected chi connectivity index (χ1v) is 3.19. The Hall–Kier alpha value is 0.210. The van der Waals surface area contributed by atoms with Crippen LogP contribution in [0.3, 0.4) is 0 Å². The van der Waals surface area contributed by atoms with E-state index in [9.17, 15) is 0 Å². The van der Waals surface area contributed by atoms with Gasteiger partial charge in [-0.05, 0) is 25.8 Å². The van der Waals surface area contributed by atoms with Crippen molar-refractivity contribution < 1.29 is 5.11 Å². The Labute approximate surface area is 62.9 Å². The van der Waals surface area contributed by atoms with Crippen LogP contribution in [0.5, 0.6) is 0 Å². The van der Waals surface area contributed by atoms with Gasteiger partial charge in [0.15, 0.2) is 0 Å². The van der Waals surface area contributed by atoms with Gasteiger partial charge >= 0.3 is 0 Å². The molecule has 0 radical (unpaired) electrons. The van der Waals surface area contributed by atoms with E-state index in [0.29, 0.717) is 6.54 Å². The number of hydrogen-bond donors (Lipinski definition) is 2. The highest BCUT2D eigenvalue weighted by atomic mass is 35.5. The Morgan fingerprint density at radius 1 is 1.56 bits per heavy atom. The van der Waals surface area contributed by atoms with Crippen molar-refractivity contribution in [3.63, 3.8) is 0 Å². The van der Waals surface area contributed by atoms with Crippen LogP contribution in [0.4, 0.5) is 0 Å². The molecule has 0 aliphatic carbocycles. The van der Waals surface area contributed by atoms with Gasteiger partial charge in [-0.3, -0.25) is 0 Å². The van der Waals surface area contributed by atoms with E-state index in [0.717, 1.165) is 19.3 Å². The second-order valence-electron chi connectivity index (χ2n) is 1.99. The van der Waals surface area contributed by atoms with Gasteiger partial charge in [0.1, 0.15) is 0 Å². The highest BCUT2D eigenvalue weighted by Gasteiger charge is 1.96. The lowest BCUT2D eigenvalue weighted by molar-refractivity contribution is 0.158. The standard InChI is InChI=1S/C6H15NO.ClH/c1-2-6(8)4-3-5-7;/h6,8H,2-5,7H2,1H3;1H. The van der Waals surface area contributed by atoms with Crippen LogP contribution in [-0.2, 0) is 0 Å². The molecule has 9 heavy (non-hydrogen) atoms. The number of aliphatic hydroxyl groups is 1. The van der Waals surface area contributed by atoms with E-state index in [1.165, 1.54) is 0 Å². The first-order valence-electron chi connectivity index (χ1n) is 3.19. The lowest BCUT2D eigenvalue weighted by atomic mass is 10.1. The number of hydrogen-bond acceptors (Lipinski definition) is 2. The van der Waals surface area contributed by atoms with Crippen molar-refractivity contribution >= 4 is 12.4 Å².